The number of phosphoric ester groups is 2. The number of carbonyl (C=O) groups is 2. The Morgan fingerprint density at radius 3 is 1.50 bits per heavy atom. The van der Waals surface area contributed by atoms with Crippen molar-refractivity contribution in [2.45, 2.75) is 167 Å². The highest BCUT2D eigenvalue weighted by atomic mass is 31.2. The van der Waals surface area contributed by atoms with E-state index in [0.29, 0.717) is 31.8 Å². The van der Waals surface area contributed by atoms with Crippen LogP contribution in [0.2, 0.25) is 0 Å². The Hall–Kier alpha value is -3.00. The van der Waals surface area contributed by atoms with Crippen molar-refractivity contribution in [1.82, 2.24) is 0 Å². The molecular weight excluding hydrogens is 862 g/mol. The van der Waals surface area contributed by atoms with E-state index in [1.54, 1.807) is 0 Å². The first-order chi connectivity index (χ1) is 30.8. The average molecular weight is 941 g/mol. The lowest BCUT2D eigenvalue weighted by Crippen LogP contribution is -2.29. The number of esters is 2. The summed E-state index contributed by atoms with van der Waals surface area (Å²) in [7, 11) is -9.73. The van der Waals surface area contributed by atoms with E-state index >= 15 is 0 Å². The summed E-state index contributed by atoms with van der Waals surface area (Å²) in [6.07, 6.45) is 48.7. The molecule has 1 heterocycles. The molecule has 16 heteroatoms. The average Bonchev–Trinajstić information content (AvgIpc) is 4.02. The van der Waals surface area contributed by atoms with E-state index in [0.717, 1.165) is 51.4 Å². The maximum atomic E-state index is 12.7. The molecule has 3 unspecified atom stereocenters. The van der Waals surface area contributed by atoms with Crippen LogP contribution in [0.5, 0.6) is 0 Å². The lowest BCUT2D eigenvalue weighted by Gasteiger charge is -2.20. The number of epoxide rings is 1. The molecule has 0 aromatic heterocycles. The quantitative estimate of drug-likeness (QED) is 0.0148. The molecule has 0 amide bonds. The molecule has 5 atom stereocenters. The maximum Gasteiger partial charge on any atom is 0.472 e. The molecule has 0 aliphatic carbocycles. The summed E-state index contributed by atoms with van der Waals surface area (Å²) in [5.74, 6) is -1.21. The molecule has 1 saturated heterocycles. The van der Waals surface area contributed by atoms with Gasteiger partial charge in [0.05, 0.1) is 32.0 Å². The first-order valence-corrected chi connectivity index (χ1v) is 26.1. The molecule has 0 spiro atoms. The van der Waals surface area contributed by atoms with Gasteiger partial charge in [-0.05, 0) is 89.9 Å². The van der Waals surface area contributed by atoms with Crippen LogP contribution in [0, 0.1) is 0 Å². The Labute approximate surface area is 383 Å². The standard InChI is InChI=1S/C48H78O14P2/c1-3-5-7-9-11-12-13-14-15-16-17-18-19-20-21-22-25-29-33-37-47(50)57-41-44(42-60-64(55,56)59-40-43(49)39-58-63(52,53)54)61-48(51)38-34-30-26-23-24-28-32-36-46-45(62-46)35-31-27-10-8-6-4-2/h11-12,14-15,17-18,20-21,23,25-29,31-32,43-46,49H,3-10,13,16,19,22,24,30,33-42H2,1-2H3,(H,55,56)(H2,52,53,54)/b12-11-,15-14-,18-17-,21-20-,26-23-,29-25-,31-27-,32-28-/t43-,44+,45?,46?/m0/s1. The number of allylic oxidation sites excluding steroid dienone is 14. The molecule has 14 nitrogen and oxygen atoms in total. The number of hydrogen-bond acceptors (Lipinski definition) is 11. The maximum absolute atomic E-state index is 12.7. The van der Waals surface area contributed by atoms with Crippen molar-refractivity contribution < 1.29 is 66.3 Å². The summed E-state index contributed by atoms with van der Waals surface area (Å²) < 4.78 is 53.4. The molecule has 0 saturated carbocycles. The van der Waals surface area contributed by atoms with Crippen LogP contribution in [0.15, 0.2) is 97.2 Å². The van der Waals surface area contributed by atoms with Crippen LogP contribution in [-0.2, 0) is 46.5 Å². The van der Waals surface area contributed by atoms with Gasteiger partial charge < -0.3 is 34.0 Å². The third-order valence-corrected chi connectivity index (χ3v) is 10.8. The third kappa shape index (κ3) is 39.4. The van der Waals surface area contributed by atoms with Crippen LogP contribution in [0.25, 0.3) is 0 Å². The van der Waals surface area contributed by atoms with Crippen LogP contribution in [0.4, 0.5) is 0 Å². The summed E-state index contributed by atoms with van der Waals surface area (Å²) in [5.41, 5.74) is 0. The smallest absolute Gasteiger partial charge is 0.462 e. The predicted molar refractivity (Wildman–Crippen MR) is 252 cm³/mol. The van der Waals surface area contributed by atoms with Crippen LogP contribution in [0.1, 0.15) is 142 Å². The number of ether oxygens (including phenoxy) is 3. The number of aliphatic hydroxyl groups excluding tert-OH is 1. The largest absolute Gasteiger partial charge is 0.472 e. The summed E-state index contributed by atoms with van der Waals surface area (Å²) in [6, 6.07) is 0. The first kappa shape index (κ1) is 59.0. The second-order valence-corrected chi connectivity index (χ2v) is 18.0. The Kier molecular flexibility index (Phi) is 36.1. The van der Waals surface area contributed by atoms with E-state index < -0.39 is 66.2 Å². The number of carbonyl (C=O) groups excluding carboxylic acids is 2. The highest BCUT2D eigenvalue weighted by Crippen LogP contribution is 2.44. The van der Waals surface area contributed by atoms with Crippen molar-refractivity contribution in [3.8, 4) is 0 Å². The number of phosphoric acid groups is 2. The van der Waals surface area contributed by atoms with Gasteiger partial charge in [0.2, 0.25) is 0 Å². The van der Waals surface area contributed by atoms with Crippen LogP contribution in [-0.4, -0.2) is 82.6 Å². The fourth-order valence-corrected chi connectivity index (χ4v) is 6.87. The minimum Gasteiger partial charge on any atom is -0.462 e. The SMILES string of the molecule is CCCCC/C=C\C/C=C\C/C=C\C/C=C\C/C=C\CCC(=O)OC[C@H](COP(=O)(O)OC[C@@H](O)COP(=O)(O)O)OC(=O)CCC/C=C\C/C=C\CC1OC1C/C=C\CCCCC. The molecule has 0 radical (unpaired) electrons. The lowest BCUT2D eigenvalue weighted by molar-refractivity contribution is -0.161. The van der Waals surface area contributed by atoms with Crippen LogP contribution in [0.3, 0.4) is 0 Å². The Bertz CT molecular complexity index is 1560. The first-order valence-electron chi connectivity index (χ1n) is 23.1. The van der Waals surface area contributed by atoms with Crippen LogP contribution >= 0.6 is 15.6 Å². The highest BCUT2D eigenvalue weighted by molar-refractivity contribution is 7.47. The predicted octanol–water partition coefficient (Wildman–Crippen LogP) is 11.1. The molecule has 364 valence electrons. The summed E-state index contributed by atoms with van der Waals surface area (Å²) >= 11 is 0. The highest BCUT2D eigenvalue weighted by Gasteiger charge is 2.36. The fraction of sp³-hybridized carbons (Fsp3) is 0.625. The third-order valence-electron chi connectivity index (χ3n) is 9.35. The minimum atomic E-state index is -4.88. The van der Waals surface area contributed by atoms with Crippen molar-refractivity contribution in [2.75, 3.05) is 26.4 Å². The van der Waals surface area contributed by atoms with Gasteiger partial charge in [-0.3, -0.25) is 23.2 Å². The minimum absolute atomic E-state index is 0.0291. The zero-order valence-corrected chi connectivity index (χ0v) is 40.1. The Morgan fingerprint density at radius 1 is 0.531 bits per heavy atom. The normalized spacial score (nSPS) is 18.0. The van der Waals surface area contributed by atoms with Gasteiger partial charge >= 0.3 is 27.6 Å². The second-order valence-electron chi connectivity index (χ2n) is 15.4. The number of unbranched alkanes of at least 4 members (excludes halogenated alkanes) is 7. The lowest BCUT2D eigenvalue weighted by atomic mass is 10.1. The molecular formula is C48H78O14P2. The van der Waals surface area contributed by atoms with E-state index in [1.807, 2.05) is 30.4 Å². The summed E-state index contributed by atoms with van der Waals surface area (Å²) in [5, 5.41) is 9.76. The topological polar surface area (TPSA) is 208 Å². The van der Waals surface area contributed by atoms with Crippen molar-refractivity contribution in [2.24, 2.45) is 0 Å². The molecule has 0 aromatic carbocycles. The zero-order chi connectivity index (χ0) is 47.0. The van der Waals surface area contributed by atoms with Crippen molar-refractivity contribution >= 4 is 27.6 Å². The second kappa shape index (κ2) is 39.2. The van der Waals surface area contributed by atoms with Gasteiger partial charge in [0.15, 0.2) is 6.10 Å². The van der Waals surface area contributed by atoms with E-state index in [9.17, 15) is 28.7 Å². The molecule has 1 fully saturated rings. The number of rotatable bonds is 41. The molecule has 64 heavy (non-hydrogen) atoms. The van der Waals surface area contributed by atoms with E-state index in [2.05, 4.69) is 89.7 Å². The van der Waals surface area contributed by atoms with Gasteiger partial charge in [0, 0.05) is 12.8 Å². The van der Waals surface area contributed by atoms with Gasteiger partial charge in [-0.15, -0.1) is 0 Å². The van der Waals surface area contributed by atoms with Crippen LogP contribution < -0.4 is 0 Å². The summed E-state index contributed by atoms with van der Waals surface area (Å²) in [6.45, 7) is 1.53. The van der Waals surface area contributed by atoms with Gasteiger partial charge in [0.1, 0.15) is 12.7 Å². The van der Waals surface area contributed by atoms with E-state index in [1.165, 1.54) is 38.5 Å². The molecule has 4 N–H and O–H groups in total. The van der Waals surface area contributed by atoms with E-state index in [4.69, 9.17) is 28.5 Å². The Morgan fingerprint density at radius 2 is 0.969 bits per heavy atom. The molecule has 1 aliphatic rings. The van der Waals surface area contributed by atoms with Crippen molar-refractivity contribution in [3.05, 3.63) is 97.2 Å². The molecule has 0 aromatic rings. The van der Waals surface area contributed by atoms with Crippen molar-refractivity contribution in [3.63, 3.8) is 0 Å². The Balaban J connectivity index is 2.45. The van der Waals surface area contributed by atoms with E-state index in [-0.39, 0.29) is 18.9 Å². The molecule has 1 aliphatic heterocycles. The monoisotopic (exact) mass is 940 g/mol. The zero-order valence-electron chi connectivity index (χ0n) is 38.3. The fourth-order valence-electron chi connectivity index (χ4n) is 5.72. The number of hydrogen-bond donors (Lipinski definition) is 4. The van der Waals surface area contributed by atoms with Gasteiger partial charge in [-0.1, -0.05) is 137 Å². The van der Waals surface area contributed by atoms with Crippen molar-refractivity contribution in [1.29, 1.82) is 0 Å². The van der Waals surface area contributed by atoms with Gasteiger partial charge in [0.25, 0.3) is 0 Å². The van der Waals surface area contributed by atoms with Gasteiger partial charge in [-0.25, -0.2) is 9.13 Å². The number of aliphatic hydroxyl groups is 1. The molecule has 1 rings (SSSR count). The summed E-state index contributed by atoms with van der Waals surface area (Å²) in [4.78, 5) is 52.8. The van der Waals surface area contributed by atoms with Gasteiger partial charge in [-0.2, -0.15) is 0 Å². The molecule has 0 bridgehead atoms.